The zero-order valence-electron chi connectivity index (χ0n) is 11.5. The molecule has 2 aromatic rings. The van der Waals surface area contributed by atoms with Crippen LogP contribution >= 0.6 is 0 Å². The first-order chi connectivity index (χ1) is 9.22. The molecule has 0 aliphatic heterocycles. The summed E-state index contributed by atoms with van der Waals surface area (Å²) in [7, 11) is 0. The Morgan fingerprint density at radius 3 is 2.89 bits per heavy atom. The van der Waals surface area contributed by atoms with Crippen LogP contribution in [0, 0.1) is 0 Å². The Morgan fingerprint density at radius 1 is 1.37 bits per heavy atom. The summed E-state index contributed by atoms with van der Waals surface area (Å²) >= 11 is 0. The van der Waals surface area contributed by atoms with Gasteiger partial charge in [0.15, 0.2) is 5.82 Å². The zero-order valence-corrected chi connectivity index (χ0v) is 11.5. The third-order valence-electron chi connectivity index (χ3n) is 3.42. The highest BCUT2D eigenvalue weighted by Gasteiger charge is 2.19. The summed E-state index contributed by atoms with van der Waals surface area (Å²) in [5.41, 5.74) is 2.36. The Morgan fingerprint density at radius 2 is 2.21 bits per heavy atom. The minimum atomic E-state index is 0.445. The second kappa shape index (κ2) is 5.13. The monoisotopic (exact) mass is 256 g/mol. The van der Waals surface area contributed by atoms with Crippen LogP contribution in [-0.2, 0) is 6.54 Å². The van der Waals surface area contributed by atoms with E-state index in [0.717, 1.165) is 24.1 Å². The Kier molecular flexibility index (Phi) is 3.34. The molecule has 0 atom stereocenters. The molecule has 2 heterocycles. The Hall–Kier alpha value is -1.68. The van der Waals surface area contributed by atoms with Crippen molar-refractivity contribution in [2.75, 3.05) is 0 Å². The van der Waals surface area contributed by atoms with Gasteiger partial charge in [-0.1, -0.05) is 13.8 Å². The maximum atomic E-state index is 4.56. The fourth-order valence-corrected chi connectivity index (χ4v) is 2.02. The normalized spacial score (nSPS) is 15.1. The fraction of sp³-hybridized carbons (Fsp3) is 0.467. The van der Waals surface area contributed by atoms with E-state index in [1.54, 1.807) is 0 Å². The molecule has 1 fully saturated rings. The molecule has 1 aliphatic rings. The lowest BCUT2D eigenvalue weighted by atomic mass is 10.1. The van der Waals surface area contributed by atoms with Gasteiger partial charge in [0.2, 0.25) is 0 Å². The van der Waals surface area contributed by atoms with Crippen LogP contribution in [0.5, 0.6) is 0 Å². The molecule has 0 amide bonds. The van der Waals surface area contributed by atoms with Gasteiger partial charge >= 0.3 is 0 Å². The molecule has 100 valence electrons. The van der Waals surface area contributed by atoms with Crippen molar-refractivity contribution in [3.05, 3.63) is 41.9 Å². The SMILES string of the molecule is CC(C)c1ccn(-c2cc(CNC3CC3)ccn2)n1. The van der Waals surface area contributed by atoms with Gasteiger partial charge in [-0.15, -0.1) is 0 Å². The number of rotatable bonds is 5. The predicted molar refractivity (Wildman–Crippen MR) is 75.3 cm³/mol. The Balaban J connectivity index is 1.76. The second-order valence-electron chi connectivity index (χ2n) is 5.52. The molecular weight excluding hydrogens is 236 g/mol. The van der Waals surface area contributed by atoms with Crippen molar-refractivity contribution in [2.45, 2.75) is 45.2 Å². The molecular formula is C15H20N4. The summed E-state index contributed by atoms with van der Waals surface area (Å²) in [6.45, 7) is 5.21. The molecule has 0 bridgehead atoms. The molecule has 1 aliphatic carbocycles. The van der Waals surface area contributed by atoms with Crippen molar-refractivity contribution in [1.82, 2.24) is 20.1 Å². The highest BCUT2D eigenvalue weighted by atomic mass is 15.3. The summed E-state index contributed by atoms with van der Waals surface area (Å²) in [6, 6.07) is 6.95. The lowest BCUT2D eigenvalue weighted by Crippen LogP contribution is -2.15. The first-order valence-electron chi connectivity index (χ1n) is 6.96. The number of aromatic nitrogens is 3. The lowest BCUT2D eigenvalue weighted by Gasteiger charge is -2.06. The number of nitrogens with one attached hydrogen (secondary N) is 1. The summed E-state index contributed by atoms with van der Waals surface area (Å²) in [5, 5.41) is 8.08. The van der Waals surface area contributed by atoms with Crippen LogP contribution in [0.4, 0.5) is 0 Å². The van der Waals surface area contributed by atoms with Gasteiger partial charge in [-0.2, -0.15) is 5.10 Å². The topological polar surface area (TPSA) is 42.7 Å². The van der Waals surface area contributed by atoms with Gasteiger partial charge in [-0.05, 0) is 42.5 Å². The predicted octanol–water partition coefficient (Wildman–Crippen LogP) is 2.64. The van der Waals surface area contributed by atoms with Crippen molar-refractivity contribution in [1.29, 1.82) is 0 Å². The molecule has 3 rings (SSSR count). The number of hydrogen-bond acceptors (Lipinski definition) is 3. The Labute approximate surface area is 113 Å². The van der Waals surface area contributed by atoms with Crippen LogP contribution in [0.3, 0.4) is 0 Å². The minimum absolute atomic E-state index is 0.445. The lowest BCUT2D eigenvalue weighted by molar-refractivity contribution is 0.685. The second-order valence-corrected chi connectivity index (χ2v) is 5.52. The van der Waals surface area contributed by atoms with Crippen molar-refractivity contribution < 1.29 is 0 Å². The molecule has 0 spiro atoms. The maximum Gasteiger partial charge on any atom is 0.153 e. The quantitative estimate of drug-likeness (QED) is 0.894. The molecule has 19 heavy (non-hydrogen) atoms. The van der Waals surface area contributed by atoms with Crippen LogP contribution in [-0.4, -0.2) is 20.8 Å². The van der Waals surface area contributed by atoms with Gasteiger partial charge in [-0.25, -0.2) is 9.67 Å². The molecule has 4 nitrogen and oxygen atoms in total. The summed E-state index contributed by atoms with van der Waals surface area (Å²) in [6.07, 6.45) is 6.47. The molecule has 0 saturated heterocycles. The highest BCUT2D eigenvalue weighted by molar-refractivity contribution is 5.27. The van der Waals surface area contributed by atoms with E-state index < -0.39 is 0 Å². The fourth-order valence-electron chi connectivity index (χ4n) is 2.02. The summed E-state index contributed by atoms with van der Waals surface area (Å²) in [4.78, 5) is 4.40. The standard InChI is InChI=1S/C15H20N4/c1-11(2)14-6-8-19(18-14)15-9-12(5-7-16-15)10-17-13-3-4-13/h5-9,11,13,17H,3-4,10H2,1-2H3. The zero-order chi connectivity index (χ0) is 13.2. The molecule has 0 unspecified atom stereocenters. The number of nitrogens with zero attached hydrogens (tertiary/aromatic N) is 3. The average molecular weight is 256 g/mol. The molecule has 4 heteroatoms. The molecule has 0 radical (unpaired) electrons. The van der Waals surface area contributed by atoms with E-state index in [1.807, 2.05) is 17.1 Å². The van der Waals surface area contributed by atoms with Gasteiger partial charge in [0, 0.05) is 25.0 Å². The largest absolute Gasteiger partial charge is 0.310 e. The number of hydrogen-bond donors (Lipinski definition) is 1. The molecule has 1 saturated carbocycles. The molecule has 2 aromatic heterocycles. The van der Waals surface area contributed by atoms with E-state index >= 15 is 0 Å². The highest BCUT2D eigenvalue weighted by Crippen LogP contribution is 2.19. The molecule has 0 aromatic carbocycles. The molecule has 1 N–H and O–H groups in total. The van der Waals surface area contributed by atoms with Gasteiger partial charge in [-0.3, -0.25) is 0 Å². The maximum absolute atomic E-state index is 4.56. The van der Waals surface area contributed by atoms with Crippen LogP contribution in [0.15, 0.2) is 30.6 Å². The summed E-state index contributed by atoms with van der Waals surface area (Å²) < 4.78 is 1.86. The third-order valence-corrected chi connectivity index (χ3v) is 3.42. The first kappa shape index (κ1) is 12.4. The van der Waals surface area contributed by atoms with Crippen LogP contribution in [0.1, 0.15) is 43.9 Å². The van der Waals surface area contributed by atoms with E-state index in [4.69, 9.17) is 0 Å². The van der Waals surface area contributed by atoms with E-state index in [9.17, 15) is 0 Å². The minimum Gasteiger partial charge on any atom is -0.310 e. The summed E-state index contributed by atoms with van der Waals surface area (Å²) in [5.74, 6) is 1.34. The average Bonchev–Trinajstić information content (AvgIpc) is 3.10. The van der Waals surface area contributed by atoms with Gasteiger partial charge in [0.25, 0.3) is 0 Å². The van der Waals surface area contributed by atoms with E-state index in [-0.39, 0.29) is 0 Å². The van der Waals surface area contributed by atoms with Crippen molar-refractivity contribution in [2.24, 2.45) is 0 Å². The van der Waals surface area contributed by atoms with E-state index in [1.165, 1.54) is 18.4 Å². The van der Waals surface area contributed by atoms with Crippen molar-refractivity contribution in [3.8, 4) is 5.82 Å². The smallest absolute Gasteiger partial charge is 0.153 e. The van der Waals surface area contributed by atoms with E-state index in [0.29, 0.717) is 5.92 Å². The third kappa shape index (κ3) is 3.01. The van der Waals surface area contributed by atoms with Crippen LogP contribution in [0.25, 0.3) is 5.82 Å². The van der Waals surface area contributed by atoms with Gasteiger partial charge in [0.1, 0.15) is 0 Å². The van der Waals surface area contributed by atoms with Crippen molar-refractivity contribution >= 4 is 0 Å². The van der Waals surface area contributed by atoms with Crippen molar-refractivity contribution in [3.63, 3.8) is 0 Å². The van der Waals surface area contributed by atoms with E-state index in [2.05, 4.69) is 47.4 Å². The first-order valence-corrected chi connectivity index (χ1v) is 6.96. The number of pyridine rings is 1. The Bertz CT molecular complexity index is 555. The van der Waals surface area contributed by atoms with Crippen LogP contribution in [0.2, 0.25) is 0 Å². The van der Waals surface area contributed by atoms with Crippen LogP contribution < -0.4 is 5.32 Å². The van der Waals surface area contributed by atoms with Gasteiger partial charge < -0.3 is 5.32 Å². The van der Waals surface area contributed by atoms with Gasteiger partial charge in [0.05, 0.1) is 5.69 Å².